The smallest absolute Gasteiger partial charge is 0.359 e. The average molecular weight is 357 g/mol. The van der Waals surface area contributed by atoms with Gasteiger partial charge >= 0.3 is 5.97 Å². The van der Waals surface area contributed by atoms with Crippen molar-refractivity contribution in [3.05, 3.63) is 65.3 Å². The normalized spacial score (nSPS) is 10.5. The standard InChI is InChI=1S/C19H17ClN2O3/c1-3-25-19(23)17-16(13-9-5-4-6-10-13)18(24-2)22(21-17)15-12-8-7-11-14(15)20/h4-12H,3H2,1-2H3. The highest BCUT2D eigenvalue weighted by atomic mass is 35.5. The third-order valence-electron chi connectivity index (χ3n) is 3.65. The molecular formula is C19H17ClN2O3. The lowest BCUT2D eigenvalue weighted by Crippen LogP contribution is -2.08. The van der Waals surface area contributed by atoms with Gasteiger partial charge in [0.15, 0.2) is 5.69 Å². The van der Waals surface area contributed by atoms with E-state index in [1.165, 1.54) is 11.8 Å². The van der Waals surface area contributed by atoms with E-state index in [-0.39, 0.29) is 12.3 Å². The third-order valence-corrected chi connectivity index (χ3v) is 3.97. The maximum Gasteiger partial charge on any atom is 0.359 e. The molecule has 0 fully saturated rings. The Kier molecular flexibility index (Phi) is 5.05. The molecule has 0 aliphatic carbocycles. The first-order valence-electron chi connectivity index (χ1n) is 7.81. The van der Waals surface area contributed by atoms with Crippen molar-refractivity contribution in [2.45, 2.75) is 6.92 Å². The minimum absolute atomic E-state index is 0.185. The summed E-state index contributed by atoms with van der Waals surface area (Å²) in [6.45, 7) is 2.01. The number of nitrogens with zero attached hydrogens (tertiary/aromatic N) is 2. The molecule has 0 unspecified atom stereocenters. The van der Waals surface area contributed by atoms with Crippen LogP contribution in [0.15, 0.2) is 54.6 Å². The largest absolute Gasteiger partial charge is 0.480 e. The van der Waals surface area contributed by atoms with Crippen LogP contribution < -0.4 is 4.74 Å². The first-order chi connectivity index (χ1) is 12.2. The zero-order chi connectivity index (χ0) is 17.8. The second kappa shape index (κ2) is 7.40. The number of carbonyl (C=O) groups is 1. The number of aromatic nitrogens is 2. The maximum absolute atomic E-state index is 12.4. The number of halogens is 1. The quantitative estimate of drug-likeness (QED) is 0.637. The van der Waals surface area contributed by atoms with Gasteiger partial charge in [-0.1, -0.05) is 54.1 Å². The average Bonchev–Trinajstić information content (AvgIpc) is 3.02. The second-order valence-electron chi connectivity index (χ2n) is 5.18. The summed E-state index contributed by atoms with van der Waals surface area (Å²) in [5, 5.41) is 4.94. The van der Waals surface area contributed by atoms with Gasteiger partial charge in [0, 0.05) is 0 Å². The van der Waals surface area contributed by atoms with Crippen LogP contribution in [0.3, 0.4) is 0 Å². The van der Waals surface area contributed by atoms with E-state index < -0.39 is 5.97 Å². The summed E-state index contributed by atoms with van der Waals surface area (Å²) in [7, 11) is 1.53. The van der Waals surface area contributed by atoms with Gasteiger partial charge in [-0.2, -0.15) is 9.78 Å². The van der Waals surface area contributed by atoms with E-state index in [4.69, 9.17) is 21.1 Å². The van der Waals surface area contributed by atoms with Crippen LogP contribution in [-0.2, 0) is 4.74 Å². The topological polar surface area (TPSA) is 53.3 Å². The van der Waals surface area contributed by atoms with E-state index in [2.05, 4.69) is 5.10 Å². The van der Waals surface area contributed by atoms with Gasteiger partial charge in [0.05, 0.1) is 30.0 Å². The molecule has 0 saturated heterocycles. The fourth-order valence-electron chi connectivity index (χ4n) is 2.59. The minimum Gasteiger partial charge on any atom is -0.480 e. The van der Waals surface area contributed by atoms with E-state index in [0.717, 1.165) is 5.56 Å². The van der Waals surface area contributed by atoms with Crippen LogP contribution in [0.5, 0.6) is 5.88 Å². The zero-order valence-corrected chi connectivity index (χ0v) is 14.7. The van der Waals surface area contributed by atoms with Crippen molar-refractivity contribution in [2.24, 2.45) is 0 Å². The molecule has 0 bridgehead atoms. The number of hydrogen-bond donors (Lipinski definition) is 0. The van der Waals surface area contributed by atoms with Gasteiger partial charge in [-0.05, 0) is 24.6 Å². The van der Waals surface area contributed by atoms with Crippen molar-refractivity contribution in [3.63, 3.8) is 0 Å². The van der Waals surface area contributed by atoms with Gasteiger partial charge in [-0.25, -0.2) is 4.79 Å². The Morgan fingerprint density at radius 2 is 1.80 bits per heavy atom. The summed E-state index contributed by atoms with van der Waals surface area (Å²) in [6, 6.07) is 16.7. The fourth-order valence-corrected chi connectivity index (χ4v) is 2.80. The summed E-state index contributed by atoms with van der Waals surface area (Å²) in [5.41, 5.74) is 2.18. The first kappa shape index (κ1) is 17.0. The molecule has 0 amide bonds. The van der Waals surface area contributed by atoms with E-state index in [1.807, 2.05) is 48.5 Å². The number of methoxy groups -OCH3 is 1. The van der Waals surface area contributed by atoms with Gasteiger partial charge < -0.3 is 9.47 Å². The third kappa shape index (κ3) is 3.23. The summed E-state index contributed by atoms with van der Waals surface area (Å²) in [5.74, 6) is -0.0900. The van der Waals surface area contributed by atoms with Crippen LogP contribution in [0.4, 0.5) is 0 Å². The Morgan fingerprint density at radius 3 is 2.44 bits per heavy atom. The van der Waals surface area contributed by atoms with Gasteiger partial charge in [0.1, 0.15) is 0 Å². The molecule has 0 aliphatic heterocycles. The van der Waals surface area contributed by atoms with E-state index in [9.17, 15) is 4.79 Å². The summed E-state index contributed by atoms with van der Waals surface area (Å²) >= 11 is 6.30. The lowest BCUT2D eigenvalue weighted by atomic mass is 10.1. The van der Waals surface area contributed by atoms with Crippen molar-refractivity contribution in [1.82, 2.24) is 9.78 Å². The second-order valence-corrected chi connectivity index (χ2v) is 5.59. The molecule has 0 spiro atoms. The maximum atomic E-state index is 12.4. The van der Waals surface area contributed by atoms with Crippen LogP contribution in [-0.4, -0.2) is 29.5 Å². The number of ether oxygens (including phenoxy) is 2. The van der Waals surface area contributed by atoms with Crippen LogP contribution in [0.2, 0.25) is 5.02 Å². The molecule has 5 nitrogen and oxygen atoms in total. The minimum atomic E-state index is -0.509. The van der Waals surface area contributed by atoms with Gasteiger partial charge in [0.2, 0.25) is 5.88 Å². The molecule has 25 heavy (non-hydrogen) atoms. The van der Waals surface area contributed by atoms with Crippen LogP contribution >= 0.6 is 11.6 Å². The van der Waals surface area contributed by atoms with E-state index in [1.54, 1.807) is 13.0 Å². The van der Waals surface area contributed by atoms with Gasteiger partial charge in [-0.3, -0.25) is 0 Å². The number of para-hydroxylation sites is 1. The Labute approximate surface area is 150 Å². The molecule has 0 radical (unpaired) electrons. The van der Waals surface area contributed by atoms with Gasteiger partial charge in [-0.15, -0.1) is 0 Å². The molecule has 3 aromatic rings. The number of rotatable bonds is 5. The molecule has 0 atom stereocenters. The van der Waals surface area contributed by atoms with Crippen LogP contribution in [0, 0.1) is 0 Å². The lowest BCUT2D eigenvalue weighted by Gasteiger charge is -2.09. The molecule has 1 aromatic heterocycles. The molecular weight excluding hydrogens is 340 g/mol. The Balaban J connectivity index is 2.28. The van der Waals surface area contributed by atoms with Crippen molar-refractivity contribution >= 4 is 17.6 Å². The number of benzene rings is 2. The van der Waals surface area contributed by atoms with E-state index >= 15 is 0 Å². The van der Waals surface area contributed by atoms with Crippen LogP contribution in [0.1, 0.15) is 17.4 Å². The predicted octanol–water partition coefficient (Wildman–Crippen LogP) is 4.38. The SMILES string of the molecule is CCOC(=O)c1nn(-c2ccccc2Cl)c(OC)c1-c1ccccc1. The molecule has 6 heteroatoms. The van der Waals surface area contributed by atoms with Crippen LogP contribution in [0.25, 0.3) is 16.8 Å². The van der Waals surface area contributed by atoms with Crippen molar-refractivity contribution < 1.29 is 14.3 Å². The summed E-state index contributed by atoms with van der Waals surface area (Å²) in [4.78, 5) is 12.4. The number of esters is 1. The molecule has 2 aromatic carbocycles. The Hall–Kier alpha value is -2.79. The molecule has 1 heterocycles. The fraction of sp³-hybridized carbons (Fsp3) is 0.158. The molecule has 0 N–H and O–H groups in total. The highest BCUT2D eigenvalue weighted by Gasteiger charge is 2.27. The zero-order valence-electron chi connectivity index (χ0n) is 13.9. The van der Waals surface area contributed by atoms with Crippen molar-refractivity contribution in [1.29, 1.82) is 0 Å². The van der Waals surface area contributed by atoms with Crippen molar-refractivity contribution in [3.8, 4) is 22.7 Å². The lowest BCUT2D eigenvalue weighted by molar-refractivity contribution is 0.0520. The molecule has 128 valence electrons. The Bertz CT molecular complexity index is 891. The predicted molar refractivity (Wildman–Crippen MR) is 96.5 cm³/mol. The van der Waals surface area contributed by atoms with E-state index in [0.29, 0.717) is 22.2 Å². The number of carbonyl (C=O) groups excluding carboxylic acids is 1. The van der Waals surface area contributed by atoms with Crippen molar-refractivity contribution in [2.75, 3.05) is 13.7 Å². The van der Waals surface area contributed by atoms with Gasteiger partial charge in [0.25, 0.3) is 0 Å². The molecule has 3 rings (SSSR count). The summed E-state index contributed by atoms with van der Waals surface area (Å²) < 4.78 is 12.3. The highest BCUT2D eigenvalue weighted by molar-refractivity contribution is 6.32. The number of hydrogen-bond acceptors (Lipinski definition) is 4. The summed E-state index contributed by atoms with van der Waals surface area (Å²) in [6.07, 6.45) is 0. The Morgan fingerprint density at radius 1 is 1.12 bits per heavy atom. The highest BCUT2D eigenvalue weighted by Crippen LogP contribution is 2.37. The molecule has 0 aliphatic rings. The first-order valence-corrected chi connectivity index (χ1v) is 8.19. The monoisotopic (exact) mass is 356 g/mol. The molecule has 0 saturated carbocycles.